The van der Waals surface area contributed by atoms with Gasteiger partial charge in [0.15, 0.2) is 0 Å². The number of benzene rings is 1. The van der Waals surface area contributed by atoms with Crippen molar-refractivity contribution in [3.8, 4) is 0 Å². The predicted molar refractivity (Wildman–Crippen MR) is 90.8 cm³/mol. The molecule has 0 radical (unpaired) electrons. The molecule has 1 aliphatic rings. The van der Waals surface area contributed by atoms with Crippen molar-refractivity contribution in [2.24, 2.45) is 11.7 Å². The highest BCUT2D eigenvalue weighted by molar-refractivity contribution is 5.87. The third-order valence-corrected chi connectivity index (χ3v) is 4.67. The van der Waals surface area contributed by atoms with Gasteiger partial charge in [0.1, 0.15) is 5.82 Å². The van der Waals surface area contributed by atoms with Gasteiger partial charge in [-0.1, -0.05) is 26.0 Å². The van der Waals surface area contributed by atoms with Gasteiger partial charge in [-0.05, 0) is 37.0 Å². The smallest absolute Gasteiger partial charge is 0.242 e. The molecule has 132 valence electrons. The first-order chi connectivity index (χ1) is 11.3. The molecule has 0 spiro atoms. The number of nitrogens with zero attached hydrogens (tertiary/aromatic N) is 1. The average Bonchev–Trinajstić information content (AvgIpc) is 2.94. The molecule has 0 saturated carbocycles. The number of nitrogens with one attached hydrogen (secondary N) is 1. The number of hydrogen-bond acceptors (Lipinski definition) is 3. The Morgan fingerprint density at radius 3 is 2.54 bits per heavy atom. The summed E-state index contributed by atoms with van der Waals surface area (Å²) in [5.74, 6) is -0.467. The molecule has 2 unspecified atom stereocenters. The van der Waals surface area contributed by atoms with E-state index in [1.807, 2.05) is 20.8 Å². The predicted octanol–water partition coefficient (Wildman–Crippen LogP) is 1.63. The maximum absolute atomic E-state index is 13.0. The normalized spacial score (nSPS) is 21.8. The van der Waals surface area contributed by atoms with Crippen molar-refractivity contribution in [3.63, 3.8) is 0 Å². The van der Waals surface area contributed by atoms with Crippen LogP contribution in [0.15, 0.2) is 24.3 Å². The second-order valence-corrected chi connectivity index (χ2v) is 6.87. The average molecular weight is 335 g/mol. The monoisotopic (exact) mass is 335 g/mol. The van der Waals surface area contributed by atoms with Crippen molar-refractivity contribution >= 4 is 11.8 Å². The molecular weight excluding hydrogens is 309 g/mol. The summed E-state index contributed by atoms with van der Waals surface area (Å²) in [7, 11) is 0. The molecule has 1 heterocycles. The van der Waals surface area contributed by atoms with Crippen LogP contribution in [0.2, 0.25) is 0 Å². The van der Waals surface area contributed by atoms with Crippen LogP contribution in [0.25, 0.3) is 0 Å². The van der Waals surface area contributed by atoms with E-state index in [0.29, 0.717) is 6.54 Å². The highest BCUT2D eigenvalue weighted by Gasteiger charge is 2.33. The van der Waals surface area contributed by atoms with Crippen LogP contribution < -0.4 is 11.1 Å². The molecule has 1 saturated heterocycles. The Bertz CT molecular complexity index is 588. The van der Waals surface area contributed by atoms with Gasteiger partial charge in [-0.25, -0.2) is 4.39 Å². The molecule has 1 aromatic rings. The lowest BCUT2D eigenvalue weighted by Crippen LogP contribution is -2.48. The quantitative estimate of drug-likeness (QED) is 0.859. The van der Waals surface area contributed by atoms with Crippen LogP contribution in [0.4, 0.5) is 4.39 Å². The van der Waals surface area contributed by atoms with E-state index in [1.165, 1.54) is 12.1 Å². The number of carbonyl (C=O) groups is 2. The van der Waals surface area contributed by atoms with E-state index in [0.717, 1.165) is 12.0 Å². The summed E-state index contributed by atoms with van der Waals surface area (Å²) in [6.45, 7) is 6.25. The molecule has 3 atom stereocenters. The maximum atomic E-state index is 13.0. The first-order valence-electron chi connectivity index (χ1n) is 8.37. The van der Waals surface area contributed by atoms with Gasteiger partial charge in [-0.15, -0.1) is 0 Å². The highest BCUT2D eigenvalue weighted by atomic mass is 19.1. The minimum Gasteiger partial charge on any atom is -0.346 e. The number of rotatable bonds is 5. The number of nitrogens with two attached hydrogens (primary N) is 1. The van der Waals surface area contributed by atoms with Crippen LogP contribution in [-0.2, 0) is 9.59 Å². The van der Waals surface area contributed by atoms with Crippen LogP contribution >= 0.6 is 0 Å². The number of halogens is 1. The van der Waals surface area contributed by atoms with Crippen LogP contribution in [0.5, 0.6) is 0 Å². The van der Waals surface area contributed by atoms with E-state index < -0.39 is 6.04 Å². The minimum absolute atomic E-state index is 0.0219. The fourth-order valence-electron chi connectivity index (χ4n) is 3.04. The minimum atomic E-state index is -0.610. The Hall–Kier alpha value is -1.95. The van der Waals surface area contributed by atoms with E-state index in [4.69, 9.17) is 5.73 Å². The van der Waals surface area contributed by atoms with Crippen LogP contribution in [0, 0.1) is 11.7 Å². The molecule has 1 aliphatic heterocycles. The summed E-state index contributed by atoms with van der Waals surface area (Å²) in [5.41, 5.74) is 6.80. The third kappa shape index (κ3) is 4.32. The highest BCUT2D eigenvalue weighted by Crippen LogP contribution is 2.31. The Morgan fingerprint density at radius 1 is 1.33 bits per heavy atom. The summed E-state index contributed by atoms with van der Waals surface area (Å²) >= 11 is 0. The van der Waals surface area contributed by atoms with Gasteiger partial charge >= 0.3 is 0 Å². The lowest BCUT2D eigenvalue weighted by molar-refractivity contribution is -0.133. The molecule has 5 nitrogen and oxygen atoms in total. The summed E-state index contributed by atoms with van der Waals surface area (Å²) < 4.78 is 13.0. The van der Waals surface area contributed by atoms with Gasteiger partial charge < -0.3 is 16.0 Å². The van der Waals surface area contributed by atoms with Gasteiger partial charge in [0.2, 0.25) is 11.8 Å². The molecule has 0 aromatic heterocycles. The summed E-state index contributed by atoms with van der Waals surface area (Å²) in [6, 6.07) is 5.90. The Balaban J connectivity index is 1.91. The maximum Gasteiger partial charge on any atom is 0.242 e. The molecule has 0 aliphatic carbocycles. The van der Waals surface area contributed by atoms with E-state index >= 15 is 0 Å². The van der Waals surface area contributed by atoms with E-state index in [9.17, 15) is 14.0 Å². The van der Waals surface area contributed by atoms with Gasteiger partial charge in [0.05, 0.1) is 12.6 Å². The zero-order valence-corrected chi connectivity index (χ0v) is 14.5. The molecule has 3 N–H and O–H groups in total. The number of amides is 2. The van der Waals surface area contributed by atoms with Gasteiger partial charge in [0, 0.05) is 18.5 Å². The summed E-state index contributed by atoms with van der Waals surface area (Å²) in [5, 5.41) is 2.62. The van der Waals surface area contributed by atoms with Crippen molar-refractivity contribution in [2.75, 3.05) is 13.1 Å². The summed E-state index contributed by atoms with van der Waals surface area (Å²) in [4.78, 5) is 26.0. The van der Waals surface area contributed by atoms with Crippen molar-refractivity contribution in [3.05, 3.63) is 35.6 Å². The Labute approximate surface area is 142 Å². The van der Waals surface area contributed by atoms with Gasteiger partial charge in [-0.3, -0.25) is 9.59 Å². The van der Waals surface area contributed by atoms with Gasteiger partial charge in [0.25, 0.3) is 0 Å². The van der Waals surface area contributed by atoms with Crippen molar-refractivity contribution in [1.29, 1.82) is 0 Å². The van der Waals surface area contributed by atoms with Crippen LogP contribution in [-0.4, -0.2) is 41.9 Å². The Morgan fingerprint density at radius 2 is 1.96 bits per heavy atom. The number of hydrogen-bond donors (Lipinski definition) is 2. The number of carbonyl (C=O) groups excluding carboxylic acids is 2. The van der Waals surface area contributed by atoms with Crippen LogP contribution in [0.3, 0.4) is 0 Å². The SMILES string of the molecule is CC(C)[C@H](N)C(=O)NCC(=O)N1CC(c2ccc(F)cc2)CC1C. The zero-order chi connectivity index (χ0) is 17.9. The second-order valence-electron chi connectivity index (χ2n) is 6.87. The van der Waals surface area contributed by atoms with Crippen molar-refractivity contribution < 1.29 is 14.0 Å². The van der Waals surface area contributed by atoms with Crippen molar-refractivity contribution in [2.45, 2.75) is 45.2 Å². The fraction of sp³-hybridized carbons (Fsp3) is 0.556. The molecule has 2 rings (SSSR count). The lowest BCUT2D eigenvalue weighted by atomic mass is 9.97. The first-order valence-corrected chi connectivity index (χ1v) is 8.37. The van der Waals surface area contributed by atoms with E-state index in [2.05, 4.69) is 5.32 Å². The van der Waals surface area contributed by atoms with Crippen LogP contribution in [0.1, 0.15) is 38.7 Å². The molecule has 1 aromatic carbocycles. The number of likely N-dealkylation sites (tertiary alicyclic amines) is 1. The molecular formula is C18H26FN3O2. The largest absolute Gasteiger partial charge is 0.346 e. The standard InChI is InChI=1S/C18H26FN3O2/c1-11(2)17(20)18(24)21-9-16(23)22-10-14(8-12(22)3)13-4-6-15(19)7-5-13/h4-7,11-12,14,17H,8-10,20H2,1-3H3,(H,21,24)/t12?,14?,17-/m0/s1. The van der Waals surface area contributed by atoms with E-state index in [1.54, 1.807) is 17.0 Å². The van der Waals surface area contributed by atoms with Gasteiger partial charge in [-0.2, -0.15) is 0 Å². The second kappa shape index (κ2) is 7.75. The lowest BCUT2D eigenvalue weighted by Gasteiger charge is -2.22. The third-order valence-electron chi connectivity index (χ3n) is 4.67. The molecule has 6 heteroatoms. The first kappa shape index (κ1) is 18.4. The topological polar surface area (TPSA) is 75.4 Å². The van der Waals surface area contributed by atoms with E-state index in [-0.39, 0.29) is 42.1 Å². The Kier molecular flexibility index (Phi) is 5.94. The summed E-state index contributed by atoms with van der Waals surface area (Å²) in [6.07, 6.45) is 0.830. The molecule has 24 heavy (non-hydrogen) atoms. The molecule has 1 fully saturated rings. The molecule has 0 bridgehead atoms. The molecule has 2 amide bonds. The van der Waals surface area contributed by atoms with Crippen molar-refractivity contribution in [1.82, 2.24) is 10.2 Å². The zero-order valence-electron chi connectivity index (χ0n) is 14.5. The fourth-order valence-corrected chi connectivity index (χ4v) is 3.04.